The molecule has 2 heterocycles. The van der Waals surface area contributed by atoms with Crippen molar-refractivity contribution in [3.8, 4) is 51.0 Å². The van der Waals surface area contributed by atoms with Gasteiger partial charge in [-0.2, -0.15) is 9.97 Å². The second-order valence-corrected chi connectivity index (χ2v) is 16.1. The highest BCUT2D eigenvalue weighted by Gasteiger charge is 2.21. The number of para-hydroxylation sites is 1. The van der Waals surface area contributed by atoms with E-state index in [1.165, 1.54) is 32.7 Å². The lowest BCUT2D eigenvalue weighted by molar-refractivity contribution is 0.953. The van der Waals surface area contributed by atoms with E-state index < -0.39 is 0 Å². The number of aromatic nitrogens is 4. The van der Waals surface area contributed by atoms with Gasteiger partial charge in [0.1, 0.15) is 0 Å². The molecule has 12 rings (SSSR count). The molecule has 0 N–H and O–H groups in total. The van der Waals surface area contributed by atoms with Crippen LogP contribution in [-0.4, -0.2) is 19.5 Å². The Bertz CT molecular complexity index is 3600. The van der Waals surface area contributed by atoms with Crippen molar-refractivity contribution in [2.45, 2.75) is 0 Å². The van der Waals surface area contributed by atoms with E-state index in [1.54, 1.807) is 0 Å². The van der Waals surface area contributed by atoms with Gasteiger partial charge in [-0.3, -0.25) is 4.57 Å². The SMILES string of the molecule is c1ccc(-c2ccc3c4ccc(N(c5ccccc5)c5ccc6cc(-c7ccc8ccccc8c7)ccc6c5)cc4n(-c4nc(-c5ccccc5)nc(-c5ccccc5)n4)c3c2)cc1. The Morgan fingerprint density at radius 2 is 0.719 bits per heavy atom. The molecule has 64 heavy (non-hydrogen) atoms. The third-order valence-corrected chi connectivity index (χ3v) is 12.2. The van der Waals surface area contributed by atoms with E-state index in [-0.39, 0.29) is 0 Å². The maximum Gasteiger partial charge on any atom is 0.238 e. The van der Waals surface area contributed by atoms with Gasteiger partial charge in [-0.1, -0.05) is 182 Å². The molecule has 0 amide bonds. The predicted molar refractivity (Wildman–Crippen MR) is 266 cm³/mol. The Hall–Kier alpha value is -8.67. The smallest absolute Gasteiger partial charge is 0.238 e. The van der Waals surface area contributed by atoms with Crippen LogP contribution < -0.4 is 4.90 Å². The molecular weight excluding hydrogens is 779 g/mol. The minimum Gasteiger partial charge on any atom is -0.310 e. The summed E-state index contributed by atoms with van der Waals surface area (Å²) in [6.45, 7) is 0. The van der Waals surface area contributed by atoms with Crippen molar-refractivity contribution in [3.05, 3.63) is 237 Å². The minimum absolute atomic E-state index is 0.550. The molecule has 0 saturated heterocycles. The van der Waals surface area contributed by atoms with Crippen molar-refractivity contribution in [2.75, 3.05) is 4.90 Å². The molecule has 0 saturated carbocycles. The van der Waals surface area contributed by atoms with Crippen LogP contribution in [0.3, 0.4) is 0 Å². The van der Waals surface area contributed by atoms with E-state index in [4.69, 9.17) is 15.0 Å². The van der Waals surface area contributed by atoms with Crippen LogP contribution >= 0.6 is 0 Å². The average molecular weight is 818 g/mol. The molecule has 300 valence electrons. The zero-order valence-corrected chi connectivity index (χ0v) is 34.8. The molecule has 0 unspecified atom stereocenters. The number of anilines is 3. The first-order valence-electron chi connectivity index (χ1n) is 21.6. The van der Waals surface area contributed by atoms with Crippen LogP contribution in [0.1, 0.15) is 0 Å². The molecule has 12 aromatic rings. The molecule has 0 aliphatic rings. The van der Waals surface area contributed by atoms with Crippen LogP contribution in [-0.2, 0) is 0 Å². The zero-order valence-electron chi connectivity index (χ0n) is 34.8. The number of nitrogens with zero attached hydrogens (tertiary/aromatic N) is 5. The summed E-state index contributed by atoms with van der Waals surface area (Å²) in [6, 6.07) is 83.7. The number of fused-ring (bicyclic) bond motifs is 5. The number of rotatable bonds is 8. The summed E-state index contributed by atoms with van der Waals surface area (Å²) in [5, 5.41) is 7.06. The van der Waals surface area contributed by atoms with E-state index in [2.05, 4.69) is 210 Å². The molecule has 0 spiro atoms. The first-order chi connectivity index (χ1) is 31.7. The second kappa shape index (κ2) is 15.7. The normalized spacial score (nSPS) is 11.4. The Balaban J connectivity index is 1.06. The van der Waals surface area contributed by atoms with Gasteiger partial charge in [0.05, 0.1) is 11.0 Å². The minimum atomic E-state index is 0.550. The van der Waals surface area contributed by atoms with Gasteiger partial charge in [0, 0.05) is 39.0 Å². The third-order valence-electron chi connectivity index (χ3n) is 12.2. The number of hydrogen-bond donors (Lipinski definition) is 0. The lowest BCUT2D eigenvalue weighted by atomic mass is 9.98. The summed E-state index contributed by atoms with van der Waals surface area (Å²) in [5.74, 6) is 1.77. The van der Waals surface area contributed by atoms with Gasteiger partial charge >= 0.3 is 0 Å². The average Bonchev–Trinajstić information content (AvgIpc) is 3.70. The fourth-order valence-electron chi connectivity index (χ4n) is 9.01. The van der Waals surface area contributed by atoms with E-state index >= 15 is 0 Å². The van der Waals surface area contributed by atoms with Gasteiger partial charge < -0.3 is 4.90 Å². The van der Waals surface area contributed by atoms with Crippen LogP contribution in [0, 0.1) is 0 Å². The topological polar surface area (TPSA) is 46.8 Å². The Morgan fingerprint density at radius 3 is 1.38 bits per heavy atom. The van der Waals surface area contributed by atoms with Crippen LogP contribution in [0.25, 0.3) is 94.3 Å². The summed E-state index contributed by atoms with van der Waals surface area (Å²) < 4.78 is 2.22. The lowest BCUT2D eigenvalue weighted by Crippen LogP contribution is -2.10. The van der Waals surface area contributed by atoms with Crippen molar-refractivity contribution < 1.29 is 0 Å². The van der Waals surface area contributed by atoms with E-state index in [0.717, 1.165) is 61.1 Å². The Labute approximate surface area is 370 Å². The summed E-state index contributed by atoms with van der Waals surface area (Å²) in [4.78, 5) is 17.9. The summed E-state index contributed by atoms with van der Waals surface area (Å²) in [7, 11) is 0. The summed E-state index contributed by atoms with van der Waals surface area (Å²) in [6.07, 6.45) is 0. The van der Waals surface area contributed by atoms with Crippen LogP contribution in [0.2, 0.25) is 0 Å². The highest BCUT2D eigenvalue weighted by Crippen LogP contribution is 2.41. The molecule has 10 aromatic carbocycles. The maximum atomic E-state index is 5.27. The first kappa shape index (κ1) is 37.1. The fraction of sp³-hybridized carbons (Fsp3) is 0. The summed E-state index contributed by atoms with van der Waals surface area (Å²) in [5.41, 5.74) is 11.6. The monoisotopic (exact) mass is 817 g/mol. The molecule has 2 aromatic heterocycles. The van der Waals surface area contributed by atoms with Gasteiger partial charge in [0.15, 0.2) is 11.6 Å². The van der Waals surface area contributed by atoms with Crippen molar-refractivity contribution in [3.63, 3.8) is 0 Å². The van der Waals surface area contributed by atoms with Crippen molar-refractivity contribution in [1.29, 1.82) is 0 Å². The molecule has 0 radical (unpaired) electrons. The zero-order chi connectivity index (χ0) is 42.4. The van der Waals surface area contributed by atoms with Crippen LogP contribution in [0.5, 0.6) is 0 Å². The van der Waals surface area contributed by atoms with Gasteiger partial charge in [0.2, 0.25) is 5.95 Å². The van der Waals surface area contributed by atoms with Crippen LogP contribution in [0.4, 0.5) is 17.1 Å². The van der Waals surface area contributed by atoms with Crippen molar-refractivity contribution in [2.24, 2.45) is 0 Å². The predicted octanol–water partition coefficient (Wildman–Crippen LogP) is 15.4. The van der Waals surface area contributed by atoms with E-state index in [0.29, 0.717) is 17.6 Å². The highest BCUT2D eigenvalue weighted by atomic mass is 15.2. The van der Waals surface area contributed by atoms with Gasteiger partial charge in [-0.15, -0.1) is 0 Å². The number of hydrogen-bond acceptors (Lipinski definition) is 4. The second-order valence-electron chi connectivity index (χ2n) is 16.1. The number of benzene rings is 10. The Kier molecular flexibility index (Phi) is 9.08. The van der Waals surface area contributed by atoms with E-state index in [1.807, 2.05) is 36.4 Å². The highest BCUT2D eigenvalue weighted by molar-refractivity contribution is 6.11. The van der Waals surface area contributed by atoms with Gasteiger partial charge in [-0.05, 0) is 98.4 Å². The van der Waals surface area contributed by atoms with Crippen molar-refractivity contribution >= 4 is 60.4 Å². The quantitative estimate of drug-likeness (QED) is 0.153. The first-order valence-corrected chi connectivity index (χ1v) is 21.6. The largest absolute Gasteiger partial charge is 0.310 e. The third kappa shape index (κ3) is 6.73. The molecule has 0 bridgehead atoms. The lowest BCUT2D eigenvalue weighted by Gasteiger charge is -2.26. The van der Waals surface area contributed by atoms with Crippen molar-refractivity contribution in [1.82, 2.24) is 19.5 Å². The van der Waals surface area contributed by atoms with Gasteiger partial charge in [-0.25, -0.2) is 4.98 Å². The molecule has 0 fully saturated rings. The summed E-state index contributed by atoms with van der Waals surface area (Å²) >= 11 is 0. The van der Waals surface area contributed by atoms with Crippen LogP contribution in [0.15, 0.2) is 237 Å². The maximum absolute atomic E-state index is 5.27. The van der Waals surface area contributed by atoms with Gasteiger partial charge in [0.25, 0.3) is 0 Å². The molecule has 0 aliphatic carbocycles. The molecule has 0 aliphatic heterocycles. The molecule has 0 atom stereocenters. The molecule has 5 heteroatoms. The Morgan fingerprint density at radius 1 is 0.281 bits per heavy atom. The standard InChI is InChI=1S/C59H39N5/c1-5-15-40(16-6-1)49-30-33-53-54-34-32-52(39-56(54)64(55(53)38-49)59-61-57(42-18-7-2-8-19-42)60-58(62-59)43-20-9-3-10-21-43)63(50-23-11-4-12-24-50)51-31-29-47-36-46(27-28-48(47)37-51)45-26-25-41-17-13-14-22-44(41)35-45/h1-39H. The molecular formula is C59H39N5. The fourth-order valence-corrected chi connectivity index (χ4v) is 9.01. The molecule has 5 nitrogen and oxygen atoms in total. The van der Waals surface area contributed by atoms with E-state index in [9.17, 15) is 0 Å².